The van der Waals surface area contributed by atoms with Gasteiger partial charge in [0.05, 0.1) is 13.2 Å². The van der Waals surface area contributed by atoms with E-state index in [0.29, 0.717) is 17.9 Å². The zero-order valence-corrected chi connectivity index (χ0v) is 15.2. The van der Waals surface area contributed by atoms with Crippen molar-refractivity contribution in [3.63, 3.8) is 0 Å². The third-order valence-corrected chi connectivity index (χ3v) is 5.47. The van der Waals surface area contributed by atoms with Crippen molar-refractivity contribution in [3.8, 4) is 5.75 Å². The van der Waals surface area contributed by atoms with Gasteiger partial charge in [-0.2, -0.15) is 0 Å². The molecule has 1 aromatic carbocycles. The van der Waals surface area contributed by atoms with E-state index in [-0.39, 0.29) is 18.1 Å². The van der Waals surface area contributed by atoms with Crippen LogP contribution in [0.2, 0.25) is 0 Å². The first-order valence-electron chi connectivity index (χ1n) is 9.49. The number of ether oxygens (including phenoxy) is 2. The molecule has 1 aliphatic carbocycles. The minimum absolute atomic E-state index is 0.0143. The van der Waals surface area contributed by atoms with E-state index in [4.69, 9.17) is 9.47 Å². The molecule has 6 heteroatoms. The van der Waals surface area contributed by atoms with E-state index in [1.807, 2.05) is 0 Å². The van der Waals surface area contributed by atoms with Crippen molar-refractivity contribution in [2.24, 2.45) is 0 Å². The van der Waals surface area contributed by atoms with Crippen molar-refractivity contribution >= 4 is 12.2 Å². The molecule has 0 spiro atoms. The number of hydrogen-bond donors (Lipinski definition) is 1. The zero-order chi connectivity index (χ0) is 18.2. The Morgan fingerprint density at radius 3 is 2.50 bits per heavy atom. The van der Waals surface area contributed by atoms with Crippen LogP contribution in [0.4, 0.5) is 0 Å². The second-order valence-corrected chi connectivity index (χ2v) is 7.14. The molecule has 1 N–H and O–H groups in total. The topological polar surface area (TPSA) is 67.9 Å². The van der Waals surface area contributed by atoms with Crippen LogP contribution in [0, 0.1) is 0 Å². The molecule has 142 valence electrons. The van der Waals surface area contributed by atoms with Gasteiger partial charge in [0.1, 0.15) is 12.0 Å². The number of aldehydes is 1. The minimum atomic E-state index is -0.109. The number of nitrogens with one attached hydrogen (secondary N) is 1. The van der Waals surface area contributed by atoms with Gasteiger partial charge in [0.15, 0.2) is 6.61 Å². The smallest absolute Gasteiger partial charge is 0.258 e. The van der Waals surface area contributed by atoms with E-state index in [2.05, 4.69) is 10.2 Å². The number of benzene rings is 1. The van der Waals surface area contributed by atoms with Gasteiger partial charge in [0, 0.05) is 30.7 Å². The molecular weight excluding hydrogens is 332 g/mol. The van der Waals surface area contributed by atoms with Gasteiger partial charge in [-0.25, -0.2) is 0 Å². The molecule has 3 rings (SSSR count). The van der Waals surface area contributed by atoms with Crippen molar-refractivity contribution in [1.29, 1.82) is 0 Å². The lowest BCUT2D eigenvalue weighted by Crippen LogP contribution is -2.60. The van der Waals surface area contributed by atoms with Crippen LogP contribution in [0.1, 0.15) is 42.5 Å². The molecule has 0 bridgehead atoms. The maximum absolute atomic E-state index is 12.3. The molecule has 1 aromatic rings. The molecule has 26 heavy (non-hydrogen) atoms. The van der Waals surface area contributed by atoms with Gasteiger partial charge in [-0.1, -0.05) is 19.3 Å². The number of carbonyl (C=O) groups excluding carboxylic acids is 2. The molecule has 0 atom stereocenters. The fourth-order valence-electron chi connectivity index (χ4n) is 3.96. The Balaban J connectivity index is 1.51. The first kappa shape index (κ1) is 18.9. The average molecular weight is 360 g/mol. The van der Waals surface area contributed by atoms with E-state index in [0.717, 1.165) is 45.4 Å². The predicted octanol–water partition coefficient (Wildman–Crippen LogP) is 2.03. The summed E-state index contributed by atoms with van der Waals surface area (Å²) in [5.74, 6) is 0.481. The highest BCUT2D eigenvalue weighted by Crippen LogP contribution is 2.33. The van der Waals surface area contributed by atoms with Crippen LogP contribution in [0.25, 0.3) is 0 Å². The van der Waals surface area contributed by atoms with E-state index < -0.39 is 0 Å². The Morgan fingerprint density at radius 1 is 1.15 bits per heavy atom. The summed E-state index contributed by atoms with van der Waals surface area (Å²) in [5, 5.41) is 3.08. The summed E-state index contributed by atoms with van der Waals surface area (Å²) in [4.78, 5) is 25.4. The summed E-state index contributed by atoms with van der Waals surface area (Å²) < 4.78 is 11.0. The molecule has 1 heterocycles. The van der Waals surface area contributed by atoms with Gasteiger partial charge in [0.2, 0.25) is 0 Å². The fourth-order valence-corrected chi connectivity index (χ4v) is 3.96. The van der Waals surface area contributed by atoms with E-state index in [1.54, 1.807) is 24.3 Å². The van der Waals surface area contributed by atoms with Crippen molar-refractivity contribution in [1.82, 2.24) is 10.2 Å². The highest BCUT2D eigenvalue weighted by molar-refractivity contribution is 5.78. The molecule has 1 aliphatic heterocycles. The normalized spacial score (nSPS) is 20.3. The van der Waals surface area contributed by atoms with Crippen LogP contribution in [0.15, 0.2) is 24.3 Å². The van der Waals surface area contributed by atoms with Crippen molar-refractivity contribution in [2.45, 2.75) is 37.6 Å². The average Bonchev–Trinajstić information content (AvgIpc) is 2.72. The van der Waals surface area contributed by atoms with Gasteiger partial charge in [0.25, 0.3) is 5.91 Å². The fraction of sp³-hybridized carbons (Fsp3) is 0.600. The van der Waals surface area contributed by atoms with Gasteiger partial charge in [-0.15, -0.1) is 0 Å². The van der Waals surface area contributed by atoms with Crippen LogP contribution in [-0.4, -0.2) is 62.1 Å². The Morgan fingerprint density at radius 2 is 1.85 bits per heavy atom. The van der Waals surface area contributed by atoms with Gasteiger partial charge in [-0.3, -0.25) is 14.5 Å². The molecule has 1 saturated heterocycles. The quantitative estimate of drug-likeness (QED) is 0.754. The summed E-state index contributed by atoms with van der Waals surface area (Å²) in [5.41, 5.74) is 0.648. The molecule has 1 amide bonds. The van der Waals surface area contributed by atoms with E-state index in [1.165, 1.54) is 19.3 Å². The van der Waals surface area contributed by atoms with Gasteiger partial charge < -0.3 is 14.8 Å². The number of nitrogens with zero attached hydrogens (tertiary/aromatic N) is 1. The van der Waals surface area contributed by atoms with Crippen LogP contribution >= 0.6 is 0 Å². The summed E-state index contributed by atoms with van der Waals surface area (Å²) in [6.45, 7) is 4.08. The molecule has 2 aliphatic rings. The summed E-state index contributed by atoms with van der Waals surface area (Å²) in [7, 11) is 0. The first-order valence-corrected chi connectivity index (χ1v) is 9.49. The minimum Gasteiger partial charge on any atom is -0.484 e. The first-order chi connectivity index (χ1) is 12.7. The number of morpholine rings is 1. The van der Waals surface area contributed by atoms with Crippen molar-refractivity contribution in [3.05, 3.63) is 29.8 Å². The van der Waals surface area contributed by atoms with Crippen LogP contribution in [-0.2, 0) is 9.53 Å². The third kappa shape index (κ3) is 4.83. The van der Waals surface area contributed by atoms with Crippen LogP contribution in [0.3, 0.4) is 0 Å². The van der Waals surface area contributed by atoms with Crippen LogP contribution < -0.4 is 10.1 Å². The Bertz CT molecular complexity index is 590. The largest absolute Gasteiger partial charge is 0.484 e. The van der Waals surface area contributed by atoms with Gasteiger partial charge in [-0.05, 0) is 37.1 Å². The second kappa shape index (κ2) is 9.14. The maximum atomic E-state index is 12.3. The van der Waals surface area contributed by atoms with E-state index >= 15 is 0 Å². The summed E-state index contributed by atoms with van der Waals surface area (Å²) in [6.07, 6.45) is 6.74. The van der Waals surface area contributed by atoms with Gasteiger partial charge >= 0.3 is 0 Å². The Kier molecular flexibility index (Phi) is 6.63. The predicted molar refractivity (Wildman–Crippen MR) is 98.5 cm³/mol. The highest BCUT2D eigenvalue weighted by atomic mass is 16.5. The number of amides is 1. The zero-order valence-electron chi connectivity index (χ0n) is 15.2. The Labute approximate surface area is 154 Å². The Hall–Kier alpha value is -1.92. The molecule has 0 unspecified atom stereocenters. The summed E-state index contributed by atoms with van der Waals surface area (Å²) >= 11 is 0. The second-order valence-electron chi connectivity index (χ2n) is 7.14. The molecule has 2 fully saturated rings. The van der Waals surface area contributed by atoms with Crippen molar-refractivity contribution < 1.29 is 19.1 Å². The molecule has 0 aromatic heterocycles. The van der Waals surface area contributed by atoms with Crippen molar-refractivity contribution in [2.75, 3.05) is 39.5 Å². The van der Waals surface area contributed by atoms with Crippen LogP contribution in [0.5, 0.6) is 5.75 Å². The summed E-state index contributed by atoms with van der Waals surface area (Å²) in [6, 6.07) is 6.76. The molecular formula is C20H28N2O4. The standard InChI is InChI=1S/C20H28N2O4/c23-14-17-4-6-18(7-5-17)26-15-19(24)21-16-20(8-2-1-3-9-20)22-10-12-25-13-11-22/h4-7,14H,1-3,8-13,15-16H2,(H,21,24). The number of carbonyl (C=O) groups is 2. The lowest BCUT2D eigenvalue weighted by molar-refractivity contribution is -0.124. The highest BCUT2D eigenvalue weighted by Gasteiger charge is 2.38. The maximum Gasteiger partial charge on any atom is 0.258 e. The number of rotatable bonds is 7. The third-order valence-electron chi connectivity index (χ3n) is 5.47. The monoisotopic (exact) mass is 360 g/mol. The number of hydrogen-bond acceptors (Lipinski definition) is 5. The molecule has 6 nitrogen and oxygen atoms in total. The lowest BCUT2D eigenvalue weighted by atomic mass is 9.79. The SMILES string of the molecule is O=Cc1ccc(OCC(=O)NCC2(N3CCOCC3)CCCCC2)cc1. The lowest BCUT2D eigenvalue weighted by Gasteiger charge is -2.48. The van der Waals surface area contributed by atoms with E-state index in [9.17, 15) is 9.59 Å². The molecule has 1 saturated carbocycles. The molecule has 0 radical (unpaired) electrons.